The molecule has 6 aromatic rings. The predicted octanol–water partition coefficient (Wildman–Crippen LogP) is 10.2. The van der Waals surface area contributed by atoms with Crippen molar-refractivity contribution >= 4 is 17.1 Å². The third-order valence-corrected chi connectivity index (χ3v) is 8.16. The number of fused-ring (bicyclic) bond motifs is 3. The minimum Gasteiger partial charge on any atom is -0.310 e. The van der Waals surface area contributed by atoms with Crippen molar-refractivity contribution < 1.29 is 0 Å². The van der Waals surface area contributed by atoms with Crippen molar-refractivity contribution in [3.63, 3.8) is 0 Å². The van der Waals surface area contributed by atoms with Crippen LogP contribution in [0.2, 0.25) is 0 Å². The quantitative estimate of drug-likeness (QED) is 0.228. The topological polar surface area (TPSA) is 3.24 Å². The lowest BCUT2D eigenvalue weighted by Crippen LogP contribution is -2.22. The molecule has 1 aliphatic rings. The number of rotatable bonds is 5. The van der Waals surface area contributed by atoms with Crippen LogP contribution in [0.15, 0.2) is 158 Å². The van der Waals surface area contributed by atoms with Gasteiger partial charge in [-0.25, -0.2) is 0 Å². The Bertz CT molecular complexity index is 1740. The fourth-order valence-electron chi connectivity index (χ4n) is 6.23. The van der Waals surface area contributed by atoms with Gasteiger partial charge in [0, 0.05) is 22.4 Å². The molecule has 0 N–H and O–H groups in total. The smallest absolute Gasteiger partial charge is 0.0543 e. The van der Waals surface area contributed by atoms with Gasteiger partial charge in [0.15, 0.2) is 0 Å². The molecule has 0 saturated carbocycles. The van der Waals surface area contributed by atoms with E-state index in [1.165, 1.54) is 44.6 Å². The van der Waals surface area contributed by atoms with Crippen LogP contribution in [-0.4, -0.2) is 0 Å². The highest BCUT2D eigenvalue weighted by Gasteiger charge is 2.42. The summed E-state index contributed by atoms with van der Waals surface area (Å²) in [6, 6.07) is 56.8. The average molecular weight is 500 g/mol. The zero-order chi connectivity index (χ0) is 26.2. The molecule has 186 valence electrons. The van der Waals surface area contributed by atoms with Gasteiger partial charge >= 0.3 is 0 Å². The summed E-state index contributed by atoms with van der Waals surface area (Å²) in [4.78, 5) is 2.40. The van der Waals surface area contributed by atoms with E-state index in [9.17, 15) is 0 Å². The molecule has 0 heterocycles. The van der Waals surface area contributed by atoms with Gasteiger partial charge in [-0.2, -0.15) is 0 Å². The van der Waals surface area contributed by atoms with Crippen LogP contribution in [0.4, 0.5) is 17.1 Å². The molecule has 0 spiro atoms. The molecule has 1 atom stereocenters. The SMILES string of the molecule is CC1(c2ccccc2)c2ccccc2-c2c(N(c3ccccc3)c3ccc(-c4ccccc4)cc3)cccc21. The Labute approximate surface area is 230 Å². The lowest BCUT2D eigenvalue weighted by Gasteiger charge is -2.30. The maximum atomic E-state index is 2.40. The minimum absolute atomic E-state index is 0.233. The number of hydrogen-bond donors (Lipinski definition) is 0. The summed E-state index contributed by atoms with van der Waals surface area (Å²) in [6.07, 6.45) is 0. The maximum Gasteiger partial charge on any atom is 0.0543 e. The van der Waals surface area contributed by atoms with E-state index < -0.39 is 0 Å². The van der Waals surface area contributed by atoms with Crippen LogP contribution in [0, 0.1) is 0 Å². The molecule has 0 radical (unpaired) electrons. The van der Waals surface area contributed by atoms with Crippen LogP contribution in [0.5, 0.6) is 0 Å². The third kappa shape index (κ3) is 3.78. The molecule has 1 unspecified atom stereocenters. The molecule has 7 rings (SSSR count). The van der Waals surface area contributed by atoms with Crippen molar-refractivity contribution in [1.82, 2.24) is 0 Å². The van der Waals surface area contributed by atoms with Crippen LogP contribution in [-0.2, 0) is 5.41 Å². The summed E-state index contributed by atoms with van der Waals surface area (Å²) in [5.41, 5.74) is 12.3. The standard InChI is InChI=1S/C38H29N/c1-38(30-16-7-3-8-17-30)34-21-12-11-20-33(34)37-35(38)22-13-23-36(37)39(31-18-9-4-10-19-31)32-26-24-29(25-27-32)28-14-5-2-6-15-28/h2-27H,1H3. The fourth-order valence-corrected chi connectivity index (χ4v) is 6.23. The molecule has 0 fully saturated rings. The van der Waals surface area contributed by atoms with Gasteiger partial charge in [-0.1, -0.05) is 127 Å². The number of benzene rings is 6. The first-order chi connectivity index (χ1) is 19.2. The molecule has 1 heteroatoms. The van der Waals surface area contributed by atoms with Crippen molar-refractivity contribution in [2.24, 2.45) is 0 Å². The molecule has 1 aliphatic carbocycles. The van der Waals surface area contributed by atoms with Crippen LogP contribution >= 0.6 is 0 Å². The summed E-state index contributed by atoms with van der Waals surface area (Å²) >= 11 is 0. The largest absolute Gasteiger partial charge is 0.310 e. The zero-order valence-electron chi connectivity index (χ0n) is 22.0. The van der Waals surface area contributed by atoms with Crippen LogP contribution < -0.4 is 4.90 Å². The first kappa shape index (κ1) is 23.3. The van der Waals surface area contributed by atoms with E-state index in [4.69, 9.17) is 0 Å². The van der Waals surface area contributed by atoms with Gasteiger partial charge in [0.25, 0.3) is 0 Å². The summed E-state index contributed by atoms with van der Waals surface area (Å²) < 4.78 is 0. The second kappa shape index (κ2) is 9.45. The van der Waals surface area contributed by atoms with E-state index in [-0.39, 0.29) is 5.41 Å². The van der Waals surface area contributed by atoms with Gasteiger partial charge in [-0.3, -0.25) is 0 Å². The van der Waals surface area contributed by atoms with E-state index >= 15 is 0 Å². The molecule has 39 heavy (non-hydrogen) atoms. The monoisotopic (exact) mass is 499 g/mol. The highest BCUT2D eigenvalue weighted by atomic mass is 15.1. The van der Waals surface area contributed by atoms with E-state index in [0.717, 1.165) is 11.4 Å². The molecule has 1 nitrogen and oxygen atoms in total. The second-order valence-electron chi connectivity index (χ2n) is 10.3. The minimum atomic E-state index is -0.233. The summed E-state index contributed by atoms with van der Waals surface area (Å²) in [7, 11) is 0. The normalized spacial score (nSPS) is 15.4. The van der Waals surface area contributed by atoms with Gasteiger partial charge in [0.2, 0.25) is 0 Å². The summed E-state index contributed by atoms with van der Waals surface area (Å²) in [5, 5.41) is 0. The molecule has 0 saturated heterocycles. The Hall–Kier alpha value is -4.88. The van der Waals surface area contributed by atoms with Gasteiger partial charge in [-0.05, 0) is 70.6 Å². The fraction of sp³-hybridized carbons (Fsp3) is 0.0526. The lowest BCUT2D eigenvalue weighted by atomic mass is 9.74. The second-order valence-corrected chi connectivity index (χ2v) is 10.3. The molecule has 0 aromatic heterocycles. The Morgan fingerprint density at radius 1 is 0.436 bits per heavy atom. The predicted molar refractivity (Wildman–Crippen MR) is 164 cm³/mol. The Morgan fingerprint density at radius 3 is 1.69 bits per heavy atom. The number of para-hydroxylation sites is 1. The van der Waals surface area contributed by atoms with Crippen molar-refractivity contribution in [1.29, 1.82) is 0 Å². The third-order valence-electron chi connectivity index (χ3n) is 8.16. The molecule has 0 bridgehead atoms. The Balaban J connectivity index is 1.45. The molecule has 0 amide bonds. The molecule has 6 aromatic carbocycles. The Kier molecular flexibility index (Phi) is 5.64. The first-order valence-electron chi connectivity index (χ1n) is 13.5. The van der Waals surface area contributed by atoms with E-state index in [1.54, 1.807) is 0 Å². The number of hydrogen-bond acceptors (Lipinski definition) is 1. The highest BCUT2D eigenvalue weighted by Crippen LogP contribution is 2.56. The van der Waals surface area contributed by atoms with Crippen molar-refractivity contribution in [2.75, 3.05) is 4.90 Å². The van der Waals surface area contributed by atoms with E-state index in [2.05, 4.69) is 170 Å². The lowest BCUT2D eigenvalue weighted by molar-refractivity contribution is 0.714. The Morgan fingerprint density at radius 2 is 0.974 bits per heavy atom. The van der Waals surface area contributed by atoms with Crippen LogP contribution in [0.3, 0.4) is 0 Å². The van der Waals surface area contributed by atoms with Gasteiger partial charge in [0.05, 0.1) is 5.69 Å². The van der Waals surface area contributed by atoms with Crippen LogP contribution in [0.1, 0.15) is 23.6 Å². The average Bonchev–Trinajstić information content (AvgIpc) is 3.29. The van der Waals surface area contributed by atoms with Gasteiger partial charge in [-0.15, -0.1) is 0 Å². The van der Waals surface area contributed by atoms with Gasteiger partial charge < -0.3 is 4.90 Å². The number of nitrogens with zero attached hydrogens (tertiary/aromatic N) is 1. The van der Waals surface area contributed by atoms with E-state index in [1.807, 2.05) is 0 Å². The molecular formula is C38H29N. The summed E-state index contributed by atoms with van der Waals surface area (Å²) in [5.74, 6) is 0. The zero-order valence-corrected chi connectivity index (χ0v) is 22.0. The molecular weight excluding hydrogens is 470 g/mol. The van der Waals surface area contributed by atoms with Crippen molar-refractivity contribution in [2.45, 2.75) is 12.3 Å². The van der Waals surface area contributed by atoms with E-state index in [0.29, 0.717) is 0 Å². The highest BCUT2D eigenvalue weighted by molar-refractivity contribution is 5.96. The van der Waals surface area contributed by atoms with Crippen LogP contribution in [0.25, 0.3) is 22.3 Å². The molecule has 0 aliphatic heterocycles. The summed E-state index contributed by atoms with van der Waals surface area (Å²) in [6.45, 7) is 2.37. The number of anilines is 3. The maximum absolute atomic E-state index is 2.40. The first-order valence-corrected chi connectivity index (χ1v) is 13.5. The van der Waals surface area contributed by atoms with Crippen molar-refractivity contribution in [3.8, 4) is 22.3 Å². The van der Waals surface area contributed by atoms with Crippen molar-refractivity contribution in [3.05, 3.63) is 174 Å². The van der Waals surface area contributed by atoms with Gasteiger partial charge in [0.1, 0.15) is 0 Å².